The molecule has 2 aromatic rings. The quantitative estimate of drug-likeness (QED) is 0.768. The third kappa shape index (κ3) is 4.78. The Morgan fingerprint density at radius 1 is 0.938 bits per heavy atom. The van der Waals surface area contributed by atoms with Crippen LogP contribution >= 0.6 is 45.9 Å². The van der Waals surface area contributed by atoms with Gasteiger partial charge in [0.15, 0.2) is 0 Å². The van der Waals surface area contributed by atoms with Gasteiger partial charge in [0, 0.05) is 22.1 Å². The molecule has 0 spiro atoms. The molecule has 0 saturated carbocycles. The number of nitrogens with zero attached hydrogens (tertiary/aromatic N) is 2. The van der Waals surface area contributed by atoms with E-state index in [1.165, 1.54) is 0 Å². The number of aromatic nitrogens is 2. The van der Waals surface area contributed by atoms with Gasteiger partial charge in [-0.1, -0.05) is 0 Å². The lowest BCUT2D eigenvalue weighted by atomic mass is 10.6. The molecule has 0 unspecified atom stereocenters. The van der Waals surface area contributed by atoms with Crippen LogP contribution in [0.2, 0.25) is 0 Å². The minimum atomic E-state index is 0.540. The molecule has 0 aliphatic carbocycles. The van der Waals surface area contributed by atoms with Crippen molar-refractivity contribution >= 4 is 45.9 Å². The third-order valence-electron chi connectivity index (χ3n) is 1.56. The van der Waals surface area contributed by atoms with Gasteiger partial charge in [0.1, 0.15) is 10.0 Å². The molecule has 0 amide bonds. The number of hydrogen-bond donors (Lipinski definition) is 0. The molecule has 0 aromatic carbocycles. The predicted octanol–water partition coefficient (Wildman–Crippen LogP) is 4.38. The molecule has 0 aliphatic rings. The molecule has 0 aliphatic heterocycles. The van der Waals surface area contributed by atoms with Crippen LogP contribution in [0.3, 0.4) is 0 Å². The Labute approximate surface area is 113 Å². The zero-order valence-electron chi connectivity index (χ0n) is 9.04. The van der Waals surface area contributed by atoms with E-state index in [0.717, 1.165) is 21.4 Å². The molecule has 0 N–H and O–H groups in total. The number of thiazole rings is 2. The Balaban J connectivity index is 0.000000160. The summed E-state index contributed by atoms with van der Waals surface area (Å²) in [6.45, 7) is 3.93. The Morgan fingerprint density at radius 3 is 1.44 bits per heavy atom. The molecule has 2 aromatic heterocycles. The highest BCUT2D eigenvalue weighted by Crippen LogP contribution is 2.10. The van der Waals surface area contributed by atoms with Crippen LogP contribution in [0.25, 0.3) is 0 Å². The number of halogens is 2. The lowest BCUT2D eigenvalue weighted by Gasteiger charge is -1.77. The summed E-state index contributed by atoms with van der Waals surface area (Å²) in [4.78, 5) is 8.23. The van der Waals surface area contributed by atoms with E-state index in [1.807, 2.05) is 24.6 Å². The Hall–Kier alpha value is -0.160. The van der Waals surface area contributed by atoms with Crippen LogP contribution in [0.4, 0.5) is 0 Å². The first-order valence-electron chi connectivity index (χ1n) is 4.59. The lowest BCUT2D eigenvalue weighted by molar-refractivity contribution is 1.18. The fourth-order valence-corrected chi connectivity index (χ4v) is 2.66. The summed E-state index contributed by atoms with van der Waals surface area (Å²) in [5.41, 5.74) is 2.12. The van der Waals surface area contributed by atoms with Crippen molar-refractivity contribution in [3.8, 4) is 0 Å². The average Bonchev–Trinajstić information content (AvgIpc) is 2.88. The first kappa shape index (κ1) is 13.9. The lowest BCUT2D eigenvalue weighted by Crippen LogP contribution is -1.73. The third-order valence-corrected chi connectivity index (χ3v) is 4.32. The van der Waals surface area contributed by atoms with E-state index in [0.29, 0.717) is 11.8 Å². The van der Waals surface area contributed by atoms with E-state index >= 15 is 0 Å². The second-order valence-corrected chi connectivity index (χ2v) is 5.45. The fourth-order valence-electron chi connectivity index (χ4n) is 0.928. The summed E-state index contributed by atoms with van der Waals surface area (Å²) in [5.74, 6) is 1.08. The van der Waals surface area contributed by atoms with Crippen LogP contribution in [0.1, 0.15) is 21.4 Å². The number of hydrogen-bond acceptors (Lipinski definition) is 4. The van der Waals surface area contributed by atoms with Gasteiger partial charge in [-0.05, 0) is 13.8 Å². The summed E-state index contributed by atoms with van der Waals surface area (Å²) in [6, 6.07) is 0. The molecular weight excluding hydrogens is 283 g/mol. The predicted molar refractivity (Wildman–Crippen MR) is 72.8 cm³/mol. The second kappa shape index (κ2) is 7.22. The van der Waals surface area contributed by atoms with Crippen LogP contribution in [0, 0.1) is 13.8 Å². The van der Waals surface area contributed by atoms with Crippen LogP contribution in [-0.4, -0.2) is 9.97 Å². The van der Waals surface area contributed by atoms with Crippen molar-refractivity contribution in [2.45, 2.75) is 25.6 Å². The largest absolute Gasteiger partial charge is 0.245 e. The molecular formula is C10H12Cl2N2S2. The fraction of sp³-hybridized carbons (Fsp3) is 0.400. The van der Waals surface area contributed by atoms with Gasteiger partial charge in [-0.15, -0.1) is 45.9 Å². The van der Waals surface area contributed by atoms with Crippen molar-refractivity contribution in [3.05, 3.63) is 32.2 Å². The van der Waals surface area contributed by atoms with E-state index in [2.05, 4.69) is 9.97 Å². The normalized spacial score (nSPS) is 9.75. The highest BCUT2D eigenvalue weighted by Gasteiger charge is 1.93. The Kier molecular flexibility index (Phi) is 6.28. The highest BCUT2D eigenvalue weighted by atomic mass is 35.5. The Bertz CT molecular complexity index is 386. The molecule has 88 valence electrons. The second-order valence-electron chi connectivity index (χ2n) is 3.03. The van der Waals surface area contributed by atoms with E-state index in [-0.39, 0.29) is 0 Å². The van der Waals surface area contributed by atoms with E-state index in [4.69, 9.17) is 23.2 Å². The monoisotopic (exact) mass is 294 g/mol. The zero-order valence-corrected chi connectivity index (χ0v) is 12.2. The maximum absolute atomic E-state index is 5.49. The van der Waals surface area contributed by atoms with Crippen LogP contribution in [-0.2, 0) is 11.8 Å². The summed E-state index contributed by atoms with van der Waals surface area (Å²) in [5, 5.41) is 6.00. The van der Waals surface area contributed by atoms with Crippen LogP contribution in [0.5, 0.6) is 0 Å². The smallest absolute Gasteiger partial charge is 0.108 e. The van der Waals surface area contributed by atoms with Crippen molar-refractivity contribution in [1.29, 1.82) is 0 Å². The molecule has 0 fully saturated rings. The molecule has 2 heterocycles. The molecule has 16 heavy (non-hydrogen) atoms. The van der Waals surface area contributed by atoms with Gasteiger partial charge in [0.05, 0.1) is 11.8 Å². The van der Waals surface area contributed by atoms with Crippen molar-refractivity contribution in [1.82, 2.24) is 9.97 Å². The van der Waals surface area contributed by atoms with Crippen LogP contribution in [0.15, 0.2) is 10.8 Å². The minimum absolute atomic E-state index is 0.540. The summed E-state index contributed by atoms with van der Waals surface area (Å²) in [6.07, 6.45) is 0. The van der Waals surface area contributed by atoms with E-state index in [9.17, 15) is 0 Å². The molecule has 2 rings (SSSR count). The molecule has 0 bridgehead atoms. The maximum Gasteiger partial charge on any atom is 0.108 e. The number of aryl methyl sites for hydroxylation is 2. The summed E-state index contributed by atoms with van der Waals surface area (Å²) < 4.78 is 0. The molecule has 0 saturated heterocycles. The van der Waals surface area contributed by atoms with Crippen molar-refractivity contribution < 1.29 is 0 Å². The van der Waals surface area contributed by atoms with Gasteiger partial charge in [-0.3, -0.25) is 0 Å². The van der Waals surface area contributed by atoms with Gasteiger partial charge in [0.25, 0.3) is 0 Å². The first-order valence-corrected chi connectivity index (χ1v) is 7.42. The molecule has 0 radical (unpaired) electrons. The van der Waals surface area contributed by atoms with E-state index < -0.39 is 0 Å². The summed E-state index contributed by atoms with van der Waals surface area (Å²) in [7, 11) is 0. The molecule has 0 atom stereocenters. The molecule has 2 nitrogen and oxygen atoms in total. The van der Waals surface area contributed by atoms with Crippen molar-refractivity contribution in [2.24, 2.45) is 0 Å². The van der Waals surface area contributed by atoms with E-state index in [1.54, 1.807) is 22.7 Å². The van der Waals surface area contributed by atoms with Gasteiger partial charge >= 0.3 is 0 Å². The number of rotatable bonds is 2. The van der Waals surface area contributed by atoms with Crippen molar-refractivity contribution in [2.75, 3.05) is 0 Å². The summed E-state index contributed by atoms with van der Waals surface area (Å²) >= 11 is 14.2. The average molecular weight is 295 g/mol. The van der Waals surface area contributed by atoms with Crippen molar-refractivity contribution in [3.63, 3.8) is 0 Å². The highest BCUT2D eigenvalue weighted by molar-refractivity contribution is 7.10. The molecule has 6 heteroatoms. The Morgan fingerprint density at radius 2 is 1.31 bits per heavy atom. The topological polar surface area (TPSA) is 25.8 Å². The first-order chi connectivity index (χ1) is 7.65. The standard InChI is InChI=1S/2C5H6ClNS/c2*1-4-3-8-5(2-6)7-4/h2*3H,2H2,1H3. The van der Waals surface area contributed by atoms with Crippen LogP contribution < -0.4 is 0 Å². The van der Waals surface area contributed by atoms with Gasteiger partial charge in [0.2, 0.25) is 0 Å². The zero-order chi connectivity index (χ0) is 12.0. The SMILES string of the molecule is Cc1csc(CCl)n1.Cc1csc(CCl)n1. The van der Waals surface area contributed by atoms with Gasteiger partial charge < -0.3 is 0 Å². The van der Waals surface area contributed by atoms with Gasteiger partial charge in [-0.25, -0.2) is 9.97 Å². The number of alkyl halides is 2. The maximum atomic E-state index is 5.49. The minimum Gasteiger partial charge on any atom is -0.245 e. The van der Waals surface area contributed by atoms with Gasteiger partial charge in [-0.2, -0.15) is 0 Å².